The van der Waals surface area contributed by atoms with Crippen LogP contribution in [-0.4, -0.2) is 67.7 Å². The van der Waals surface area contributed by atoms with E-state index in [0.29, 0.717) is 32.5 Å². The Morgan fingerprint density at radius 3 is 2.38 bits per heavy atom. The summed E-state index contributed by atoms with van der Waals surface area (Å²) in [5.41, 5.74) is 0. The third-order valence-electron chi connectivity index (χ3n) is 5.21. The molecule has 0 saturated carbocycles. The highest BCUT2D eigenvalue weighted by Gasteiger charge is 2.28. The largest absolute Gasteiger partial charge is 0.466 e. The number of piperidine rings is 2. The van der Waals surface area contributed by atoms with Gasteiger partial charge in [-0.2, -0.15) is 0 Å². The van der Waals surface area contributed by atoms with Gasteiger partial charge in [-0.3, -0.25) is 4.79 Å². The Kier molecular flexibility index (Phi) is 7.82. The van der Waals surface area contributed by atoms with Gasteiger partial charge in [0.05, 0.1) is 12.5 Å². The minimum Gasteiger partial charge on any atom is -0.466 e. The van der Waals surface area contributed by atoms with E-state index < -0.39 is 0 Å². The summed E-state index contributed by atoms with van der Waals surface area (Å²) in [6.07, 6.45) is 5.00. The van der Waals surface area contributed by atoms with Gasteiger partial charge in [0.15, 0.2) is 0 Å². The second-order valence-corrected chi connectivity index (χ2v) is 7.12. The first kappa shape index (κ1) is 19.0. The Morgan fingerprint density at radius 1 is 1.08 bits per heavy atom. The Morgan fingerprint density at radius 2 is 1.75 bits per heavy atom. The molecule has 0 radical (unpaired) electrons. The summed E-state index contributed by atoms with van der Waals surface area (Å²) in [7, 11) is 0. The number of rotatable bonds is 6. The minimum absolute atomic E-state index is 0.00424. The fourth-order valence-electron chi connectivity index (χ4n) is 3.47. The van der Waals surface area contributed by atoms with E-state index in [4.69, 9.17) is 4.74 Å². The smallest absolute Gasteiger partial charge is 0.317 e. The van der Waals surface area contributed by atoms with Crippen LogP contribution < -0.4 is 5.32 Å². The van der Waals surface area contributed by atoms with Gasteiger partial charge in [0, 0.05) is 19.6 Å². The Hall–Kier alpha value is -1.30. The summed E-state index contributed by atoms with van der Waals surface area (Å²) in [6, 6.07) is 0.00424. The molecular weight excluding hydrogens is 306 g/mol. The molecule has 2 amide bonds. The molecule has 0 unspecified atom stereocenters. The zero-order chi connectivity index (χ0) is 17.4. The van der Waals surface area contributed by atoms with Crippen molar-refractivity contribution in [1.82, 2.24) is 15.1 Å². The van der Waals surface area contributed by atoms with Gasteiger partial charge in [-0.15, -0.1) is 0 Å². The van der Waals surface area contributed by atoms with Crippen molar-refractivity contribution in [3.05, 3.63) is 0 Å². The summed E-state index contributed by atoms with van der Waals surface area (Å²) >= 11 is 0. The van der Waals surface area contributed by atoms with Crippen LogP contribution in [0.1, 0.15) is 46.0 Å². The Bertz CT molecular complexity index is 400. The van der Waals surface area contributed by atoms with Crippen LogP contribution in [0.5, 0.6) is 0 Å². The van der Waals surface area contributed by atoms with Gasteiger partial charge in [-0.25, -0.2) is 4.79 Å². The molecule has 2 aliphatic rings. The van der Waals surface area contributed by atoms with Gasteiger partial charge < -0.3 is 19.9 Å². The number of urea groups is 1. The van der Waals surface area contributed by atoms with Gasteiger partial charge >= 0.3 is 12.0 Å². The van der Waals surface area contributed by atoms with E-state index >= 15 is 0 Å². The normalized spacial score (nSPS) is 20.8. The van der Waals surface area contributed by atoms with Crippen molar-refractivity contribution in [1.29, 1.82) is 0 Å². The Balaban J connectivity index is 1.56. The molecule has 2 fully saturated rings. The van der Waals surface area contributed by atoms with Gasteiger partial charge in [-0.05, 0) is 64.6 Å². The van der Waals surface area contributed by atoms with Crippen LogP contribution in [0.4, 0.5) is 4.79 Å². The molecule has 0 aromatic rings. The number of carbonyl (C=O) groups excluding carboxylic acids is 2. The first-order valence-electron chi connectivity index (χ1n) is 9.52. The van der Waals surface area contributed by atoms with Gasteiger partial charge in [0.1, 0.15) is 0 Å². The van der Waals surface area contributed by atoms with Crippen LogP contribution in [0.15, 0.2) is 0 Å². The van der Waals surface area contributed by atoms with E-state index in [1.807, 2.05) is 11.8 Å². The predicted octanol–water partition coefficient (Wildman–Crippen LogP) is 2.09. The molecule has 2 heterocycles. The van der Waals surface area contributed by atoms with Crippen LogP contribution in [-0.2, 0) is 9.53 Å². The lowest BCUT2D eigenvalue weighted by molar-refractivity contribution is -0.149. The molecule has 0 aromatic heterocycles. The summed E-state index contributed by atoms with van der Waals surface area (Å²) in [4.78, 5) is 28.2. The van der Waals surface area contributed by atoms with E-state index in [9.17, 15) is 9.59 Å². The maximum atomic E-state index is 12.2. The molecule has 6 heteroatoms. The number of hydrogen-bond acceptors (Lipinski definition) is 4. The average molecular weight is 339 g/mol. The van der Waals surface area contributed by atoms with E-state index in [1.165, 1.54) is 25.9 Å². The SMILES string of the molecule is CCOC(=O)C1CCN(C(=O)NCCCN2CCC(C)CC2)CC1. The van der Waals surface area contributed by atoms with Crippen LogP contribution in [0.3, 0.4) is 0 Å². The molecule has 6 nitrogen and oxygen atoms in total. The van der Waals surface area contributed by atoms with Crippen molar-refractivity contribution in [3.63, 3.8) is 0 Å². The lowest BCUT2D eigenvalue weighted by atomic mass is 9.97. The molecule has 2 rings (SSSR count). The molecule has 24 heavy (non-hydrogen) atoms. The van der Waals surface area contributed by atoms with Crippen molar-refractivity contribution in [2.75, 3.05) is 45.9 Å². The topological polar surface area (TPSA) is 61.9 Å². The third kappa shape index (κ3) is 5.96. The molecule has 2 saturated heterocycles. The van der Waals surface area contributed by atoms with Crippen molar-refractivity contribution in [2.24, 2.45) is 11.8 Å². The number of esters is 1. The fraction of sp³-hybridized carbons (Fsp3) is 0.889. The van der Waals surface area contributed by atoms with Gasteiger partial charge in [0.25, 0.3) is 0 Å². The summed E-state index contributed by atoms with van der Waals surface area (Å²) < 4.78 is 5.06. The monoisotopic (exact) mass is 339 g/mol. The zero-order valence-electron chi connectivity index (χ0n) is 15.3. The number of likely N-dealkylation sites (tertiary alicyclic amines) is 2. The number of nitrogens with one attached hydrogen (secondary N) is 1. The molecule has 1 N–H and O–H groups in total. The van der Waals surface area contributed by atoms with Crippen LogP contribution in [0.25, 0.3) is 0 Å². The molecular formula is C18H33N3O3. The molecule has 0 atom stereocenters. The van der Waals surface area contributed by atoms with E-state index in [-0.39, 0.29) is 17.9 Å². The summed E-state index contributed by atoms with van der Waals surface area (Å²) in [6.45, 7) is 10.0. The lowest BCUT2D eigenvalue weighted by Crippen LogP contribution is -2.46. The maximum absolute atomic E-state index is 12.2. The van der Waals surface area contributed by atoms with Crippen LogP contribution in [0.2, 0.25) is 0 Å². The lowest BCUT2D eigenvalue weighted by Gasteiger charge is -2.31. The van der Waals surface area contributed by atoms with E-state index in [0.717, 1.165) is 25.4 Å². The van der Waals surface area contributed by atoms with Crippen molar-refractivity contribution in [3.8, 4) is 0 Å². The number of carbonyl (C=O) groups is 2. The average Bonchev–Trinajstić information content (AvgIpc) is 2.60. The first-order chi connectivity index (χ1) is 11.6. The number of hydrogen-bond donors (Lipinski definition) is 1. The van der Waals surface area contributed by atoms with E-state index in [2.05, 4.69) is 17.1 Å². The van der Waals surface area contributed by atoms with Gasteiger partial charge in [-0.1, -0.05) is 6.92 Å². The highest BCUT2D eigenvalue weighted by molar-refractivity contribution is 5.76. The highest BCUT2D eigenvalue weighted by atomic mass is 16.5. The molecule has 0 spiro atoms. The maximum Gasteiger partial charge on any atom is 0.317 e. The highest BCUT2D eigenvalue weighted by Crippen LogP contribution is 2.19. The third-order valence-corrected chi connectivity index (χ3v) is 5.21. The van der Waals surface area contributed by atoms with Crippen molar-refractivity contribution in [2.45, 2.75) is 46.0 Å². The van der Waals surface area contributed by atoms with E-state index in [1.54, 1.807) is 0 Å². The molecule has 0 bridgehead atoms. The zero-order valence-corrected chi connectivity index (χ0v) is 15.3. The molecule has 2 aliphatic heterocycles. The molecule has 0 aromatic carbocycles. The van der Waals surface area contributed by atoms with Gasteiger partial charge in [0.2, 0.25) is 0 Å². The first-order valence-corrected chi connectivity index (χ1v) is 9.52. The number of amides is 2. The van der Waals surface area contributed by atoms with Crippen LogP contribution >= 0.6 is 0 Å². The number of nitrogens with zero attached hydrogens (tertiary/aromatic N) is 2. The molecule has 0 aliphatic carbocycles. The van der Waals surface area contributed by atoms with Crippen molar-refractivity contribution >= 4 is 12.0 Å². The van der Waals surface area contributed by atoms with Crippen molar-refractivity contribution < 1.29 is 14.3 Å². The number of ether oxygens (including phenoxy) is 1. The summed E-state index contributed by atoms with van der Waals surface area (Å²) in [5.74, 6) is 0.697. The fourth-order valence-corrected chi connectivity index (χ4v) is 3.47. The second-order valence-electron chi connectivity index (χ2n) is 7.12. The predicted molar refractivity (Wildman–Crippen MR) is 93.8 cm³/mol. The standard InChI is InChI=1S/C18H33N3O3/c1-3-24-17(22)16-7-13-21(14-8-16)18(23)19-9-4-10-20-11-5-15(2)6-12-20/h15-16H,3-14H2,1-2H3,(H,19,23). The Labute approximate surface area is 145 Å². The quantitative estimate of drug-likeness (QED) is 0.595. The summed E-state index contributed by atoms with van der Waals surface area (Å²) in [5, 5.41) is 3.01. The van der Waals surface area contributed by atoms with Crippen LogP contribution in [0, 0.1) is 11.8 Å². The minimum atomic E-state index is -0.117. The second kappa shape index (κ2) is 9.87. The molecule has 138 valence electrons.